The molecule has 0 fully saturated rings. The molecule has 28 heavy (non-hydrogen) atoms. The molecule has 0 aliphatic rings. The molecule has 0 radical (unpaired) electrons. The van der Waals surface area contributed by atoms with Crippen LogP contribution in [0.15, 0.2) is 91.0 Å². The first kappa shape index (κ1) is 15.7. The molecule has 0 bridgehead atoms. The number of aromatic nitrogens is 2. The van der Waals surface area contributed by atoms with E-state index in [2.05, 4.69) is 77.8 Å². The van der Waals surface area contributed by atoms with Gasteiger partial charge in [-0.15, -0.1) is 0 Å². The Bertz CT molecular complexity index is 1490. The second-order valence-electron chi connectivity index (χ2n) is 7.03. The molecule has 3 heteroatoms. The van der Waals surface area contributed by atoms with Crippen molar-refractivity contribution in [3.63, 3.8) is 0 Å². The minimum absolute atomic E-state index is 0.477. The molecule has 0 amide bonds. The topological polar surface area (TPSA) is 17.8 Å². The van der Waals surface area contributed by atoms with Crippen LogP contribution in [0, 0.1) is 0 Å². The maximum absolute atomic E-state index is 6.52. The molecular formula is C25H15ClN2. The molecule has 0 saturated heterocycles. The molecule has 0 unspecified atom stereocenters. The summed E-state index contributed by atoms with van der Waals surface area (Å²) >= 11 is 6.52. The number of benzene rings is 5. The Labute approximate surface area is 166 Å². The monoisotopic (exact) mass is 378 g/mol. The zero-order chi connectivity index (χ0) is 18.7. The van der Waals surface area contributed by atoms with Gasteiger partial charge in [0.15, 0.2) is 0 Å². The molecule has 0 saturated carbocycles. The van der Waals surface area contributed by atoms with Crippen molar-refractivity contribution < 1.29 is 0 Å². The highest BCUT2D eigenvalue weighted by atomic mass is 35.5. The van der Waals surface area contributed by atoms with Crippen LogP contribution in [0.25, 0.3) is 49.0 Å². The minimum atomic E-state index is 0.477. The highest BCUT2D eigenvalue weighted by Crippen LogP contribution is 2.36. The summed E-state index contributed by atoms with van der Waals surface area (Å²) in [7, 11) is 0. The maximum Gasteiger partial charge on any atom is 0.208 e. The number of rotatable bonds is 1. The molecule has 5 aromatic carbocycles. The van der Waals surface area contributed by atoms with E-state index in [1.165, 1.54) is 32.3 Å². The van der Waals surface area contributed by atoms with Crippen molar-refractivity contribution in [3.8, 4) is 5.69 Å². The van der Waals surface area contributed by atoms with E-state index < -0.39 is 0 Å². The summed E-state index contributed by atoms with van der Waals surface area (Å²) in [4.78, 5) is 4.51. The van der Waals surface area contributed by atoms with E-state index in [1.54, 1.807) is 0 Å². The Morgan fingerprint density at radius 1 is 0.571 bits per heavy atom. The van der Waals surface area contributed by atoms with Gasteiger partial charge in [-0.2, -0.15) is 0 Å². The molecule has 6 rings (SSSR count). The van der Waals surface area contributed by atoms with E-state index in [0.29, 0.717) is 5.28 Å². The molecule has 0 aliphatic heterocycles. The molecule has 132 valence electrons. The highest BCUT2D eigenvalue weighted by Gasteiger charge is 2.13. The van der Waals surface area contributed by atoms with Crippen molar-refractivity contribution in [2.24, 2.45) is 0 Å². The van der Waals surface area contributed by atoms with Gasteiger partial charge in [0.2, 0.25) is 5.28 Å². The van der Waals surface area contributed by atoms with E-state index in [1.807, 2.05) is 22.8 Å². The molecule has 6 aromatic rings. The van der Waals surface area contributed by atoms with Crippen molar-refractivity contribution in [3.05, 3.63) is 96.3 Å². The first-order chi connectivity index (χ1) is 13.8. The van der Waals surface area contributed by atoms with Crippen molar-refractivity contribution in [1.82, 2.24) is 9.55 Å². The Balaban J connectivity index is 1.77. The Kier molecular flexibility index (Phi) is 3.26. The van der Waals surface area contributed by atoms with Crippen LogP contribution in [-0.4, -0.2) is 9.55 Å². The number of hydrogen-bond acceptors (Lipinski definition) is 1. The highest BCUT2D eigenvalue weighted by molar-refractivity contribution is 6.30. The second kappa shape index (κ2) is 5.82. The zero-order valence-corrected chi connectivity index (χ0v) is 15.7. The SMILES string of the molecule is Clc1nc2ccccc2n1-c1ccc2c3ccccc3c3ccccc3c2c1. The number of fused-ring (bicyclic) bond motifs is 7. The number of hydrogen-bond donors (Lipinski definition) is 0. The molecule has 2 nitrogen and oxygen atoms in total. The lowest BCUT2D eigenvalue weighted by Crippen LogP contribution is -1.94. The second-order valence-corrected chi connectivity index (χ2v) is 7.36. The van der Waals surface area contributed by atoms with Gasteiger partial charge >= 0.3 is 0 Å². The summed E-state index contributed by atoms with van der Waals surface area (Å²) in [5, 5.41) is 8.02. The Hall–Kier alpha value is -3.36. The van der Waals surface area contributed by atoms with Gasteiger partial charge in [-0.25, -0.2) is 4.98 Å². The predicted molar refractivity (Wildman–Crippen MR) is 119 cm³/mol. The molecule has 0 N–H and O–H groups in total. The average molecular weight is 379 g/mol. The van der Waals surface area contributed by atoms with E-state index in [4.69, 9.17) is 11.6 Å². The smallest absolute Gasteiger partial charge is 0.208 e. The van der Waals surface area contributed by atoms with Gasteiger partial charge in [0.1, 0.15) is 0 Å². The van der Waals surface area contributed by atoms with Crippen LogP contribution in [0.5, 0.6) is 0 Å². The summed E-state index contributed by atoms with van der Waals surface area (Å²) < 4.78 is 2.01. The maximum atomic E-state index is 6.52. The lowest BCUT2D eigenvalue weighted by Gasteiger charge is -2.13. The van der Waals surface area contributed by atoms with Crippen molar-refractivity contribution in [2.45, 2.75) is 0 Å². The minimum Gasteiger partial charge on any atom is -0.283 e. The Morgan fingerprint density at radius 3 is 1.79 bits per heavy atom. The fourth-order valence-corrected chi connectivity index (χ4v) is 4.56. The van der Waals surface area contributed by atoms with E-state index in [0.717, 1.165) is 16.7 Å². The average Bonchev–Trinajstić information content (AvgIpc) is 3.09. The van der Waals surface area contributed by atoms with Crippen LogP contribution < -0.4 is 0 Å². The molecule has 0 atom stereocenters. The fraction of sp³-hybridized carbons (Fsp3) is 0. The largest absolute Gasteiger partial charge is 0.283 e. The van der Waals surface area contributed by atoms with Gasteiger partial charge in [0.05, 0.1) is 11.0 Å². The third kappa shape index (κ3) is 2.12. The zero-order valence-electron chi connectivity index (χ0n) is 14.9. The third-order valence-corrected chi connectivity index (χ3v) is 5.76. The normalized spacial score (nSPS) is 11.8. The quantitative estimate of drug-likeness (QED) is 0.278. The lowest BCUT2D eigenvalue weighted by molar-refractivity contribution is 1.10. The number of imidazole rings is 1. The van der Waals surface area contributed by atoms with Crippen molar-refractivity contribution in [2.75, 3.05) is 0 Å². The van der Waals surface area contributed by atoms with Gasteiger partial charge in [-0.3, -0.25) is 4.57 Å². The summed E-state index contributed by atoms with van der Waals surface area (Å²) in [5.41, 5.74) is 2.93. The number of nitrogens with zero attached hydrogens (tertiary/aromatic N) is 2. The van der Waals surface area contributed by atoms with Crippen LogP contribution in [0.2, 0.25) is 5.28 Å². The molecule has 0 aliphatic carbocycles. The number of para-hydroxylation sites is 2. The summed E-state index contributed by atoms with van der Waals surface area (Å²) in [6, 6.07) is 31.8. The molecular weight excluding hydrogens is 364 g/mol. The third-order valence-electron chi connectivity index (χ3n) is 5.51. The van der Waals surface area contributed by atoms with Gasteiger partial charge < -0.3 is 0 Å². The lowest BCUT2D eigenvalue weighted by atomic mass is 9.94. The predicted octanol–water partition coefficient (Wildman–Crippen LogP) is 7.14. The van der Waals surface area contributed by atoms with Crippen LogP contribution >= 0.6 is 11.6 Å². The standard InChI is InChI=1S/C25H15ClN2/c26-25-27-23-11-5-6-12-24(23)28(25)16-13-14-21-19-9-2-1-7-17(19)18-8-3-4-10-20(18)22(21)15-16/h1-15H. The van der Waals surface area contributed by atoms with Gasteiger partial charge in [0, 0.05) is 5.69 Å². The van der Waals surface area contributed by atoms with Crippen molar-refractivity contribution in [1.29, 1.82) is 0 Å². The van der Waals surface area contributed by atoms with Crippen LogP contribution in [0.1, 0.15) is 0 Å². The van der Waals surface area contributed by atoms with E-state index >= 15 is 0 Å². The van der Waals surface area contributed by atoms with Gasteiger partial charge in [0.25, 0.3) is 0 Å². The van der Waals surface area contributed by atoms with Crippen LogP contribution in [0.3, 0.4) is 0 Å². The van der Waals surface area contributed by atoms with Gasteiger partial charge in [-0.05, 0) is 68.2 Å². The molecule has 1 heterocycles. The summed E-state index contributed by atoms with van der Waals surface area (Å²) in [6.07, 6.45) is 0. The first-order valence-corrected chi connectivity index (χ1v) is 9.66. The number of halogens is 1. The van der Waals surface area contributed by atoms with Crippen LogP contribution in [-0.2, 0) is 0 Å². The first-order valence-electron chi connectivity index (χ1n) is 9.28. The molecule has 0 spiro atoms. The van der Waals surface area contributed by atoms with Gasteiger partial charge in [-0.1, -0.05) is 66.7 Å². The summed E-state index contributed by atoms with van der Waals surface area (Å²) in [5.74, 6) is 0. The molecule has 1 aromatic heterocycles. The fourth-order valence-electron chi connectivity index (χ4n) is 4.28. The summed E-state index contributed by atoms with van der Waals surface area (Å²) in [6.45, 7) is 0. The van der Waals surface area contributed by atoms with Crippen molar-refractivity contribution >= 4 is 55.0 Å². The van der Waals surface area contributed by atoms with E-state index in [9.17, 15) is 0 Å². The Morgan fingerprint density at radius 2 is 1.11 bits per heavy atom. The van der Waals surface area contributed by atoms with Crippen LogP contribution in [0.4, 0.5) is 0 Å². The van der Waals surface area contributed by atoms with E-state index in [-0.39, 0.29) is 0 Å².